The van der Waals surface area contributed by atoms with Crippen LogP contribution >= 0.6 is 0 Å². The standard InChI is InChI=1S/C20H21FN2O/c1-15(20(24)22-19-9-5-8-18(21)14-19)23-12-10-17(11-13-23)16-6-3-2-4-7-16/h2-10,14-15H,11-13H2,1H3,(H,22,24)/t15-/m1/s1. The van der Waals surface area contributed by atoms with E-state index in [0.29, 0.717) is 5.69 Å². The number of anilines is 1. The molecule has 3 nitrogen and oxygen atoms in total. The Bertz CT molecular complexity index is 742. The van der Waals surface area contributed by atoms with E-state index in [2.05, 4.69) is 28.4 Å². The van der Waals surface area contributed by atoms with Gasteiger partial charge in [0.05, 0.1) is 6.04 Å². The van der Waals surface area contributed by atoms with Gasteiger partial charge in [-0.05, 0) is 42.7 Å². The molecule has 0 unspecified atom stereocenters. The predicted octanol–water partition coefficient (Wildman–Crippen LogP) is 3.94. The normalized spacial score (nSPS) is 16.3. The van der Waals surface area contributed by atoms with Gasteiger partial charge in [0.15, 0.2) is 0 Å². The van der Waals surface area contributed by atoms with Crippen molar-refractivity contribution in [2.75, 3.05) is 18.4 Å². The fourth-order valence-corrected chi connectivity index (χ4v) is 2.93. The molecule has 1 atom stereocenters. The summed E-state index contributed by atoms with van der Waals surface area (Å²) < 4.78 is 13.2. The third kappa shape index (κ3) is 3.89. The van der Waals surface area contributed by atoms with E-state index in [1.165, 1.54) is 23.3 Å². The molecule has 124 valence electrons. The summed E-state index contributed by atoms with van der Waals surface area (Å²) in [5, 5.41) is 2.78. The van der Waals surface area contributed by atoms with Crippen molar-refractivity contribution in [3.63, 3.8) is 0 Å². The molecule has 2 aromatic carbocycles. The summed E-state index contributed by atoms with van der Waals surface area (Å²) >= 11 is 0. The zero-order valence-corrected chi connectivity index (χ0v) is 13.7. The number of carbonyl (C=O) groups is 1. The van der Waals surface area contributed by atoms with Gasteiger partial charge in [0.2, 0.25) is 5.91 Å². The minimum Gasteiger partial charge on any atom is -0.325 e. The maximum absolute atomic E-state index is 13.2. The highest BCUT2D eigenvalue weighted by molar-refractivity contribution is 5.94. The molecule has 1 N–H and O–H groups in total. The lowest BCUT2D eigenvalue weighted by Gasteiger charge is -2.31. The van der Waals surface area contributed by atoms with Gasteiger partial charge in [-0.2, -0.15) is 0 Å². The van der Waals surface area contributed by atoms with Crippen LogP contribution in [0.4, 0.5) is 10.1 Å². The SMILES string of the molecule is C[C@H](C(=O)Nc1cccc(F)c1)N1CC=C(c2ccccc2)CC1. The summed E-state index contributed by atoms with van der Waals surface area (Å²) in [6.07, 6.45) is 3.10. The van der Waals surface area contributed by atoms with Crippen LogP contribution in [0, 0.1) is 5.82 Å². The molecule has 0 aliphatic carbocycles. The Morgan fingerprint density at radius 1 is 1.17 bits per heavy atom. The molecule has 0 fully saturated rings. The molecule has 1 aliphatic heterocycles. The number of halogens is 1. The van der Waals surface area contributed by atoms with Crippen molar-refractivity contribution in [3.8, 4) is 0 Å². The molecule has 4 heteroatoms. The molecule has 0 aromatic heterocycles. The van der Waals surface area contributed by atoms with Crippen LogP contribution in [-0.2, 0) is 4.79 Å². The highest BCUT2D eigenvalue weighted by Gasteiger charge is 2.23. The Hall–Kier alpha value is -2.46. The van der Waals surface area contributed by atoms with Crippen LogP contribution in [-0.4, -0.2) is 29.9 Å². The zero-order chi connectivity index (χ0) is 16.9. The molecule has 1 heterocycles. The average Bonchev–Trinajstić information content (AvgIpc) is 2.62. The lowest BCUT2D eigenvalue weighted by molar-refractivity contribution is -0.120. The van der Waals surface area contributed by atoms with Crippen LogP contribution in [0.3, 0.4) is 0 Å². The van der Waals surface area contributed by atoms with Gasteiger partial charge in [-0.3, -0.25) is 9.69 Å². The summed E-state index contributed by atoms with van der Waals surface area (Å²) in [4.78, 5) is 14.5. The van der Waals surface area contributed by atoms with E-state index < -0.39 is 0 Å². The molecular formula is C20H21FN2O. The number of nitrogens with one attached hydrogen (secondary N) is 1. The summed E-state index contributed by atoms with van der Waals surface area (Å²) in [6.45, 7) is 3.45. The summed E-state index contributed by atoms with van der Waals surface area (Å²) in [5.74, 6) is -0.467. The minimum atomic E-state index is -0.353. The summed E-state index contributed by atoms with van der Waals surface area (Å²) in [6, 6.07) is 16.0. The van der Waals surface area contributed by atoms with Crippen LogP contribution in [0.5, 0.6) is 0 Å². The molecule has 1 amide bonds. The Labute approximate surface area is 141 Å². The molecule has 0 bridgehead atoms. The van der Waals surface area contributed by atoms with Crippen LogP contribution in [0.1, 0.15) is 18.9 Å². The van der Waals surface area contributed by atoms with Crippen molar-refractivity contribution in [2.24, 2.45) is 0 Å². The van der Waals surface area contributed by atoms with Crippen molar-refractivity contribution < 1.29 is 9.18 Å². The molecular weight excluding hydrogens is 303 g/mol. The van der Waals surface area contributed by atoms with Crippen LogP contribution < -0.4 is 5.32 Å². The molecule has 3 rings (SSSR count). The van der Waals surface area contributed by atoms with Crippen molar-refractivity contribution in [3.05, 3.63) is 72.1 Å². The van der Waals surface area contributed by atoms with Gasteiger partial charge in [0.1, 0.15) is 5.82 Å². The van der Waals surface area contributed by atoms with E-state index in [-0.39, 0.29) is 17.8 Å². The number of carbonyl (C=O) groups excluding carboxylic acids is 1. The molecule has 0 radical (unpaired) electrons. The Kier molecular flexibility index (Phi) is 5.06. The van der Waals surface area contributed by atoms with E-state index in [1.807, 2.05) is 25.1 Å². The average molecular weight is 324 g/mol. The Morgan fingerprint density at radius 2 is 1.96 bits per heavy atom. The zero-order valence-electron chi connectivity index (χ0n) is 13.7. The van der Waals surface area contributed by atoms with Crippen LogP contribution in [0.2, 0.25) is 0 Å². The summed E-state index contributed by atoms with van der Waals surface area (Å²) in [5.41, 5.74) is 3.06. The number of benzene rings is 2. The number of amides is 1. The molecule has 2 aromatic rings. The first-order chi connectivity index (χ1) is 11.6. The van der Waals surface area contributed by atoms with E-state index >= 15 is 0 Å². The minimum absolute atomic E-state index is 0.114. The second kappa shape index (κ2) is 7.41. The first kappa shape index (κ1) is 16.4. The van der Waals surface area contributed by atoms with Crippen LogP contribution in [0.25, 0.3) is 5.57 Å². The maximum atomic E-state index is 13.2. The van der Waals surface area contributed by atoms with Gasteiger partial charge in [-0.1, -0.05) is 42.5 Å². The largest absolute Gasteiger partial charge is 0.325 e. The van der Waals surface area contributed by atoms with Crippen molar-refractivity contribution in [1.29, 1.82) is 0 Å². The third-order valence-electron chi connectivity index (χ3n) is 4.40. The van der Waals surface area contributed by atoms with Crippen LogP contribution in [0.15, 0.2) is 60.7 Å². The fourth-order valence-electron chi connectivity index (χ4n) is 2.93. The highest BCUT2D eigenvalue weighted by Crippen LogP contribution is 2.23. The molecule has 0 saturated carbocycles. The van der Waals surface area contributed by atoms with Gasteiger partial charge < -0.3 is 5.32 Å². The molecule has 0 saturated heterocycles. The van der Waals surface area contributed by atoms with Crippen molar-refractivity contribution >= 4 is 17.2 Å². The number of hydrogen-bond donors (Lipinski definition) is 1. The molecule has 1 aliphatic rings. The van der Waals surface area contributed by atoms with E-state index in [9.17, 15) is 9.18 Å². The lowest BCUT2D eigenvalue weighted by Crippen LogP contribution is -2.44. The van der Waals surface area contributed by atoms with E-state index in [1.54, 1.807) is 12.1 Å². The highest BCUT2D eigenvalue weighted by atomic mass is 19.1. The summed E-state index contributed by atoms with van der Waals surface area (Å²) in [7, 11) is 0. The van der Waals surface area contributed by atoms with Gasteiger partial charge in [0, 0.05) is 18.8 Å². The third-order valence-corrected chi connectivity index (χ3v) is 4.40. The van der Waals surface area contributed by atoms with Gasteiger partial charge >= 0.3 is 0 Å². The topological polar surface area (TPSA) is 32.3 Å². The van der Waals surface area contributed by atoms with Gasteiger partial charge in [0.25, 0.3) is 0 Å². The first-order valence-corrected chi connectivity index (χ1v) is 8.18. The van der Waals surface area contributed by atoms with E-state index in [0.717, 1.165) is 19.5 Å². The molecule has 24 heavy (non-hydrogen) atoms. The first-order valence-electron chi connectivity index (χ1n) is 8.18. The Morgan fingerprint density at radius 3 is 2.62 bits per heavy atom. The second-order valence-electron chi connectivity index (χ2n) is 6.02. The smallest absolute Gasteiger partial charge is 0.241 e. The quantitative estimate of drug-likeness (QED) is 0.924. The maximum Gasteiger partial charge on any atom is 0.241 e. The van der Waals surface area contributed by atoms with Crippen molar-refractivity contribution in [2.45, 2.75) is 19.4 Å². The fraction of sp³-hybridized carbons (Fsp3) is 0.250. The second-order valence-corrected chi connectivity index (χ2v) is 6.02. The lowest BCUT2D eigenvalue weighted by atomic mass is 9.99. The van der Waals surface area contributed by atoms with Gasteiger partial charge in [-0.15, -0.1) is 0 Å². The number of hydrogen-bond acceptors (Lipinski definition) is 2. The Balaban J connectivity index is 1.61. The predicted molar refractivity (Wildman–Crippen MR) is 95.1 cm³/mol. The van der Waals surface area contributed by atoms with E-state index in [4.69, 9.17) is 0 Å². The van der Waals surface area contributed by atoms with Gasteiger partial charge in [-0.25, -0.2) is 4.39 Å². The van der Waals surface area contributed by atoms with Crippen molar-refractivity contribution in [1.82, 2.24) is 4.90 Å². The monoisotopic (exact) mass is 324 g/mol. The molecule has 0 spiro atoms. The number of rotatable bonds is 4. The number of nitrogens with zero attached hydrogens (tertiary/aromatic N) is 1.